The van der Waals surface area contributed by atoms with Gasteiger partial charge in [-0.25, -0.2) is 4.99 Å². The number of aryl methyl sites for hydroxylation is 1. The summed E-state index contributed by atoms with van der Waals surface area (Å²) in [4.78, 5) is 5.56. The van der Waals surface area contributed by atoms with Crippen LogP contribution < -0.4 is 11.1 Å². The van der Waals surface area contributed by atoms with Gasteiger partial charge in [0.05, 0.1) is 13.2 Å². The number of hydrogen-bond donors (Lipinski definition) is 2. The van der Waals surface area contributed by atoms with Crippen LogP contribution in [-0.4, -0.2) is 26.2 Å². The van der Waals surface area contributed by atoms with E-state index in [1.807, 2.05) is 18.2 Å². The molecular formula is C14H18ClN3OS. The lowest BCUT2D eigenvalue weighted by Gasteiger charge is -2.04. The van der Waals surface area contributed by atoms with Gasteiger partial charge >= 0.3 is 0 Å². The van der Waals surface area contributed by atoms with E-state index in [-0.39, 0.29) is 0 Å². The van der Waals surface area contributed by atoms with Crippen molar-refractivity contribution < 1.29 is 4.74 Å². The van der Waals surface area contributed by atoms with Gasteiger partial charge in [0.2, 0.25) is 0 Å². The second kappa shape index (κ2) is 6.92. The summed E-state index contributed by atoms with van der Waals surface area (Å²) in [5.74, 6) is 0.442. The number of methoxy groups -OCH3 is 1. The monoisotopic (exact) mass is 311 g/mol. The van der Waals surface area contributed by atoms with Crippen molar-refractivity contribution >= 4 is 39.0 Å². The first-order valence-corrected chi connectivity index (χ1v) is 7.51. The molecule has 0 aliphatic rings. The first-order valence-electron chi connectivity index (χ1n) is 6.32. The lowest BCUT2D eigenvalue weighted by atomic mass is 10.1. The maximum Gasteiger partial charge on any atom is 0.189 e. The minimum atomic E-state index is 0.442. The van der Waals surface area contributed by atoms with Gasteiger partial charge in [0.15, 0.2) is 5.96 Å². The number of halogens is 1. The summed E-state index contributed by atoms with van der Waals surface area (Å²) >= 11 is 7.76. The Morgan fingerprint density at radius 2 is 2.30 bits per heavy atom. The highest BCUT2D eigenvalue weighted by Gasteiger charge is 2.08. The van der Waals surface area contributed by atoms with Gasteiger partial charge in [-0.05, 0) is 36.1 Å². The summed E-state index contributed by atoms with van der Waals surface area (Å²) < 4.78 is 6.17. The molecule has 2 rings (SSSR count). The molecule has 0 atom stereocenters. The van der Waals surface area contributed by atoms with Gasteiger partial charge in [-0.15, -0.1) is 11.3 Å². The molecule has 0 unspecified atom stereocenters. The van der Waals surface area contributed by atoms with Gasteiger partial charge in [0.1, 0.15) is 0 Å². The molecule has 4 nitrogen and oxygen atoms in total. The third kappa shape index (κ3) is 3.62. The fourth-order valence-corrected chi connectivity index (χ4v) is 3.18. The van der Waals surface area contributed by atoms with Crippen molar-refractivity contribution in [2.45, 2.75) is 13.5 Å². The van der Waals surface area contributed by atoms with Gasteiger partial charge in [-0.3, -0.25) is 0 Å². The van der Waals surface area contributed by atoms with Crippen molar-refractivity contribution in [3.05, 3.63) is 33.7 Å². The number of nitrogens with one attached hydrogen (secondary N) is 1. The average molecular weight is 312 g/mol. The van der Waals surface area contributed by atoms with Crippen molar-refractivity contribution in [3.8, 4) is 0 Å². The Morgan fingerprint density at radius 1 is 1.50 bits per heavy atom. The minimum Gasteiger partial charge on any atom is -0.383 e. The van der Waals surface area contributed by atoms with Crippen LogP contribution >= 0.6 is 22.9 Å². The van der Waals surface area contributed by atoms with E-state index in [0.717, 1.165) is 5.02 Å². The van der Waals surface area contributed by atoms with Gasteiger partial charge in [0, 0.05) is 28.3 Å². The maximum absolute atomic E-state index is 6.03. The average Bonchev–Trinajstić information content (AvgIpc) is 2.74. The molecule has 0 aliphatic heterocycles. The lowest BCUT2D eigenvalue weighted by molar-refractivity contribution is 0.204. The van der Waals surface area contributed by atoms with Crippen LogP contribution in [0, 0.1) is 6.92 Å². The molecule has 6 heteroatoms. The van der Waals surface area contributed by atoms with Gasteiger partial charge < -0.3 is 15.8 Å². The summed E-state index contributed by atoms with van der Waals surface area (Å²) in [6.45, 7) is 3.94. The molecule has 0 radical (unpaired) electrons. The van der Waals surface area contributed by atoms with Gasteiger partial charge in [-0.1, -0.05) is 11.6 Å². The summed E-state index contributed by atoms with van der Waals surface area (Å²) in [6.07, 6.45) is 0. The molecule has 1 heterocycles. The number of hydrogen-bond acceptors (Lipinski definition) is 3. The zero-order chi connectivity index (χ0) is 14.5. The fraction of sp³-hybridized carbons (Fsp3) is 0.357. The predicted octanol–water partition coefficient (Wildman–Crippen LogP) is 2.91. The van der Waals surface area contributed by atoms with E-state index in [9.17, 15) is 0 Å². The topological polar surface area (TPSA) is 59.6 Å². The summed E-state index contributed by atoms with van der Waals surface area (Å²) in [7, 11) is 1.65. The van der Waals surface area contributed by atoms with Gasteiger partial charge in [-0.2, -0.15) is 0 Å². The van der Waals surface area contributed by atoms with E-state index in [1.165, 1.54) is 20.5 Å². The van der Waals surface area contributed by atoms with Gasteiger partial charge in [0.25, 0.3) is 0 Å². The van der Waals surface area contributed by atoms with E-state index in [0.29, 0.717) is 25.7 Å². The molecule has 20 heavy (non-hydrogen) atoms. The standard InChI is InChI=1S/C14H18ClN3OS/c1-9-11-7-10(15)3-4-12(11)20-13(9)8-18-14(16)17-5-6-19-2/h3-4,7H,5-6,8H2,1-2H3,(H3,16,17,18). The number of nitrogens with two attached hydrogens (primary N) is 1. The number of guanidine groups is 1. The smallest absolute Gasteiger partial charge is 0.189 e. The zero-order valence-electron chi connectivity index (χ0n) is 11.6. The first kappa shape index (κ1) is 15.1. The number of thiophene rings is 1. The molecular weight excluding hydrogens is 294 g/mol. The van der Waals surface area contributed by atoms with Crippen LogP contribution in [0.25, 0.3) is 10.1 Å². The molecule has 2 aromatic rings. The Kier molecular flexibility index (Phi) is 5.23. The first-order chi connectivity index (χ1) is 9.61. The van der Waals surface area contributed by atoms with Crippen LogP contribution in [0.3, 0.4) is 0 Å². The highest BCUT2D eigenvalue weighted by molar-refractivity contribution is 7.19. The molecule has 108 valence electrons. The third-order valence-corrected chi connectivity index (χ3v) is 4.50. The highest BCUT2D eigenvalue weighted by Crippen LogP contribution is 2.32. The van der Waals surface area contributed by atoms with E-state index < -0.39 is 0 Å². The Hall–Kier alpha value is -1.30. The van der Waals surface area contributed by atoms with Crippen LogP contribution in [-0.2, 0) is 11.3 Å². The van der Waals surface area contributed by atoms with Crippen LogP contribution in [0.5, 0.6) is 0 Å². The van der Waals surface area contributed by atoms with Crippen LogP contribution in [0.2, 0.25) is 5.02 Å². The van der Waals surface area contributed by atoms with E-state index >= 15 is 0 Å². The SMILES string of the molecule is COCCNC(N)=NCc1sc2ccc(Cl)cc2c1C. The number of benzene rings is 1. The summed E-state index contributed by atoms with van der Waals surface area (Å²) in [5.41, 5.74) is 7.02. The number of rotatable bonds is 5. The summed E-state index contributed by atoms with van der Waals surface area (Å²) in [5, 5.41) is 4.95. The molecule has 1 aromatic carbocycles. The molecule has 0 amide bonds. The number of fused-ring (bicyclic) bond motifs is 1. The Morgan fingerprint density at radius 3 is 3.05 bits per heavy atom. The Labute approximate surface area is 127 Å². The zero-order valence-corrected chi connectivity index (χ0v) is 13.1. The minimum absolute atomic E-state index is 0.442. The third-order valence-electron chi connectivity index (χ3n) is 3.00. The number of aliphatic imine (C=N–C) groups is 1. The van der Waals surface area contributed by atoms with Crippen LogP contribution in [0.15, 0.2) is 23.2 Å². The second-order valence-electron chi connectivity index (χ2n) is 4.41. The van der Waals surface area contributed by atoms with Crippen molar-refractivity contribution in [2.75, 3.05) is 20.3 Å². The predicted molar refractivity (Wildman–Crippen MR) is 86.8 cm³/mol. The molecule has 0 saturated carbocycles. The van der Waals surface area contributed by atoms with Crippen molar-refractivity contribution in [1.82, 2.24) is 5.32 Å². The Bertz CT molecular complexity index is 624. The van der Waals surface area contributed by atoms with Crippen LogP contribution in [0.1, 0.15) is 10.4 Å². The quantitative estimate of drug-likeness (QED) is 0.507. The van der Waals surface area contributed by atoms with E-state index in [2.05, 4.69) is 17.2 Å². The van der Waals surface area contributed by atoms with E-state index in [4.69, 9.17) is 22.1 Å². The van der Waals surface area contributed by atoms with Crippen molar-refractivity contribution in [2.24, 2.45) is 10.7 Å². The molecule has 0 aliphatic carbocycles. The summed E-state index contributed by atoms with van der Waals surface area (Å²) in [6, 6.07) is 5.95. The Balaban J connectivity index is 2.10. The molecule has 0 spiro atoms. The number of nitrogens with zero attached hydrogens (tertiary/aromatic N) is 1. The maximum atomic E-state index is 6.03. The van der Waals surface area contributed by atoms with Crippen molar-refractivity contribution in [1.29, 1.82) is 0 Å². The number of ether oxygens (including phenoxy) is 1. The molecule has 3 N–H and O–H groups in total. The largest absolute Gasteiger partial charge is 0.383 e. The highest BCUT2D eigenvalue weighted by atomic mass is 35.5. The fourth-order valence-electron chi connectivity index (χ4n) is 1.89. The molecule has 1 aromatic heterocycles. The van der Waals surface area contributed by atoms with Crippen molar-refractivity contribution in [3.63, 3.8) is 0 Å². The lowest BCUT2D eigenvalue weighted by Crippen LogP contribution is -2.34. The molecule has 0 fully saturated rings. The molecule has 0 saturated heterocycles. The second-order valence-corrected chi connectivity index (χ2v) is 5.98. The van der Waals surface area contributed by atoms with E-state index in [1.54, 1.807) is 18.4 Å². The molecule has 0 bridgehead atoms. The van der Waals surface area contributed by atoms with Crippen LogP contribution in [0.4, 0.5) is 0 Å². The normalized spacial score (nSPS) is 12.1.